The van der Waals surface area contributed by atoms with E-state index in [0.29, 0.717) is 0 Å². The number of carboxylic acid groups (broad SMARTS) is 1. The SMILES string of the molecule is CCCC(C)Oc1c(C)cc(Br)cc1/C=C/C(=O)O. The minimum Gasteiger partial charge on any atom is -0.490 e. The zero-order valence-corrected chi connectivity index (χ0v) is 13.0. The molecular weight excluding hydrogens is 308 g/mol. The van der Waals surface area contributed by atoms with Crippen molar-refractivity contribution >= 4 is 28.0 Å². The molecule has 1 N–H and O–H groups in total. The van der Waals surface area contributed by atoms with Crippen molar-refractivity contribution in [3.8, 4) is 5.75 Å². The van der Waals surface area contributed by atoms with Crippen LogP contribution < -0.4 is 4.74 Å². The molecule has 0 fully saturated rings. The lowest BCUT2D eigenvalue weighted by Crippen LogP contribution is -2.12. The molecule has 1 unspecified atom stereocenters. The fraction of sp³-hybridized carbons (Fsp3) is 0.400. The van der Waals surface area contributed by atoms with Crippen molar-refractivity contribution in [1.29, 1.82) is 0 Å². The minimum atomic E-state index is -0.967. The zero-order valence-electron chi connectivity index (χ0n) is 11.4. The number of hydrogen-bond donors (Lipinski definition) is 1. The molecule has 19 heavy (non-hydrogen) atoms. The molecule has 1 atom stereocenters. The first-order chi connectivity index (χ1) is 8.93. The van der Waals surface area contributed by atoms with Crippen LogP contribution in [0.25, 0.3) is 6.08 Å². The number of hydrogen-bond acceptors (Lipinski definition) is 2. The highest BCUT2D eigenvalue weighted by atomic mass is 79.9. The van der Waals surface area contributed by atoms with Crippen LogP contribution in [-0.4, -0.2) is 17.2 Å². The Labute approximate surface area is 122 Å². The van der Waals surface area contributed by atoms with Crippen molar-refractivity contribution in [3.05, 3.63) is 33.8 Å². The maximum atomic E-state index is 10.6. The predicted molar refractivity (Wildman–Crippen MR) is 80.5 cm³/mol. The van der Waals surface area contributed by atoms with Gasteiger partial charge in [-0.3, -0.25) is 0 Å². The van der Waals surface area contributed by atoms with Gasteiger partial charge in [0.2, 0.25) is 0 Å². The Morgan fingerprint density at radius 3 is 2.79 bits per heavy atom. The highest BCUT2D eigenvalue weighted by Crippen LogP contribution is 2.30. The van der Waals surface area contributed by atoms with Crippen LogP contribution in [0.3, 0.4) is 0 Å². The van der Waals surface area contributed by atoms with Crippen molar-refractivity contribution in [1.82, 2.24) is 0 Å². The summed E-state index contributed by atoms with van der Waals surface area (Å²) in [5.41, 5.74) is 1.76. The lowest BCUT2D eigenvalue weighted by molar-refractivity contribution is -0.131. The third-order valence-corrected chi connectivity index (χ3v) is 3.15. The summed E-state index contributed by atoms with van der Waals surface area (Å²) in [5, 5.41) is 8.73. The van der Waals surface area contributed by atoms with Gasteiger partial charge < -0.3 is 9.84 Å². The highest BCUT2D eigenvalue weighted by molar-refractivity contribution is 9.10. The Balaban J connectivity index is 3.09. The standard InChI is InChI=1S/C15H19BrO3/c1-4-5-11(3)19-15-10(2)8-13(16)9-12(15)6-7-14(17)18/h6-9,11H,4-5H2,1-3H3,(H,17,18)/b7-6+. The van der Waals surface area contributed by atoms with E-state index < -0.39 is 5.97 Å². The fourth-order valence-electron chi connectivity index (χ4n) is 1.87. The quantitative estimate of drug-likeness (QED) is 0.787. The van der Waals surface area contributed by atoms with Crippen LogP contribution in [0.2, 0.25) is 0 Å². The van der Waals surface area contributed by atoms with Gasteiger partial charge in [0.1, 0.15) is 5.75 Å². The summed E-state index contributed by atoms with van der Waals surface area (Å²) >= 11 is 3.41. The Kier molecular flexibility index (Phi) is 6.09. The Morgan fingerprint density at radius 2 is 2.21 bits per heavy atom. The second-order valence-corrected chi connectivity index (χ2v) is 5.45. The van der Waals surface area contributed by atoms with Gasteiger partial charge in [0, 0.05) is 16.1 Å². The molecule has 0 aliphatic rings. The van der Waals surface area contributed by atoms with E-state index >= 15 is 0 Å². The normalized spacial score (nSPS) is 12.6. The summed E-state index contributed by atoms with van der Waals surface area (Å²) in [6.07, 6.45) is 4.82. The van der Waals surface area contributed by atoms with Gasteiger partial charge in [0.05, 0.1) is 6.10 Å². The molecule has 0 aliphatic heterocycles. The fourth-order valence-corrected chi connectivity index (χ4v) is 2.46. The number of aryl methyl sites for hydroxylation is 1. The average Bonchev–Trinajstić information content (AvgIpc) is 2.30. The number of benzene rings is 1. The molecule has 3 nitrogen and oxygen atoms in total. The molecule has 0 heterocycles. The second kappa shape index (κ2) is 7.34. The molecule has 0 radical (unpaired) electrons. The topological polar surface area (TPSA) is 46.5 Å². The maximum absolute atomic E-state index is 10.6. The number of ether oxygens (including phenoxy) is 1. The van der Waals surface area contributed by atoms with Crippen LogP contribution in [0.1, 0.15) is 37.8 Å². The van der Waals surface area contributed by atoms with Crippen molar-refractivity contribution in [3.63, 3.8) is 0 Å². The number of rotatable bonds is 6. The first kappa shape index (κ1) is 15.8. The Hall–Kier alpha value is -1.29. The first-order valence-electron chi connectivity index (χ1n) is 6.31. The van der Waals surface area contributed by atoms with Gasteiger partial charge >= 0.3 is 5.97 Å². The van der Waals surface area contributed by atoms with Crippen LogP contribution in [0, 0.1) is 6.92 Å². The van der Waals surface area contributed by atoms with Crippen LogP contribution in [-0.2, 0) is 4.79 Å². The van der Waals surface area contributed by atoms with E-state index in [1.54, 1.807) is 6.08 Å². The van der Waals surface area contributed by atoms with Gasteiger partial charge in [-0.25, -0.2) is 4.79 Å². The molecule has 0 aromatic heterocycles. The number of carbonyl (C=O) groups is 1. The molecular formula is C15H19BrO3. The summed E-state index contributed by atoms with van der Waals surface area (Å²) in [4.78, 5) is 10.6. The summed E-state index contributed by atoms with van der Waals surface area (Å²) in [6.45, 7) is 6.09. The summed E-state index contributed by atoms with van der Waals surface area (Å²) < 4.78 is 6.85. The lowest BCUT2D eigenvalue weighted by atomic mass is 10.1. The van der Waals surface area contributed by atoms with E-state index in [1.807, 2.05) is 26.0 Å². The molecule has 104 valence electrons. The van der Waals surface area contributed by atoms with E-state index in [0.717, 1.165) is 40.3 Å². The smallest absolute Gasteiger partial charge is 0.328 e. The van der Waals surface area contributed by atoms with Crippen molar-refractivity contribution in [2.45, 2.75) is 39.7 Å². The largest absolute Gasteiger partial charge is 0.490 e. The molecule has 1 aromatic carbocycles. The predicted octanol–water partition coefficient (Wildman–Crippen LogP) is 4.42. The van der Waals surface area contributed by atoms with Crippen LogP contribution in [0.4, 0.5) is 0 Å². The first-order valence-corrected chi connectivity index (χ1v) is 7.11. The van der Waals surface area contributed by atoms with Gasteiger partial charge in [-0.1, -0.05) is 29.3 Å². The molecule has 4 heteroatoms. The number of aliphatic carboxylic acids is 1. The van der Waals surface area contributed by atoms with Gasteiger partial charge in [0.25, 0.3) is 0 Å². The van der Waals surface area contributed by atoms with Crippen molar-refractivity contribution in [2.24, 2.45) is 0 Å². The monoisotopic (exact) mass is 326 g/mol. The number of carboxylic acids is 1. The molecule has 0 aliphatic carbocycles. The number of halogens is 1. The second-order valence-electron chi connectivity index (χ2n) is 4.53. The molecule has 1 rings (SSSR count). The molecule has 0 saturated heterocycles. The molecule has 1 aromatic rings. The lowest BCUT2D eigenvalue weighted by Gasteiger charge is -2.18. The zero-order chi connectivity index (χ0) is 14.4. The van der Waals surface area contributed by atoms with Crippen molar-refractivity contribution in [2.75, 3.05) is 0 Å². The molecule has 0 saturated carbocycles. The summed E-state index contributed by atoms with van der Waals surface area (Å²) in [7, 11) is 0. The van der Waals surface area contributed by atoms with Gasteiger partial charge in [0.15, 0.2) is 0 Å². The molecule has 0 spiro atoms. The Bertz CT molecular complexity index is 481. The van der Waals surface area contributed by atoms with E-state index in [1.165, 1.54) is 0 Å². The van der Waals surface area contributed by atoms with Crippen molar-refractivity contribution < 1.29 is 14.6 Å². The minimum absolute atomic E-state index is 0.113. The van der Waals surface area contributed by atoms with Gasteiger partial charge in [-0.05, 0) is 44.0 Å². The average molecular weight is 327 g/mol. The summed E-state index contributed by atoms with van der Waals surface area (Å²) in [6, 6.07) is 3.83. The molecule has 0 bridgehead atoms. The van der Waals surface area contributed by atoms with Crippen LogP contribution in [0.15, 0.2) is 22.7 Å². The van der Waals surface area contributed by atoms with E-state index in [9.17, 15) is 4.79 Å². The third-order valence-electron chi connectivity index (χ3n) is 2.69. The van der Waals surface area contributed by atoms with E-state index in [4.69, 9.17) is 9.84 Å². The highest BCUT2D eigenvalue weighted by Gasteiger charge is 2.11. The van der Waals surface area contributed by atoms with Gasteiger partial charge in [-0.2, -0.15) is 0 Å². The van der Waals surface area contributed by atoms with Crippen LogP contribution >= 0.6 is 15.9 Å². The Morgan fingerprint density at radius 1 is 1.53 bits per heavy atom. The summed E-state index contributed by atoms with van der Waals surface area (Å²) in [5.74, 6) is -0.216. The molecule has 0 amide bonds. The van der Waals surface area contributed by atoms with Gasteiger partial charge in [-0.15, -0.1) is 0 Å². The van der Waals surface area contributed by atoms with E-state index in [-0.39, 0.29) is 6.10 Å². The third kappa shape index (κ3) is 5.07. The maximum Gasteiger partial charge on any atom is 0.328 e. The van der Waals surface area contributed by atoms with Crippen LogP contribution in [0.5, 0.6) is 5.75 Å². The van der Waals surface area contributed by atoms with E-state index in [2.05, 4.69) is 22.9 Å².